The first-order chi connectivity index (χ1) is 14.1. The van der Waals surface area contributed by atoms with Crippen molar-refractivity contribution in [3.63, 3.8) is 0 Å². The second-order valence-electron chi connectivity index (χ2n) is 6.78. The first-order valence-corrected chi connectivity index (χ1v) is 9.26. The first kappa shape index (κ1) is 18.7. The Morgan fingerprint density at radius 1 is 0.828 bits per heavy atom. The second-order valence-corrected chi connectivity index (χ2v) is 6.78. The number of carbonyl (C=O) groups is 1. The molecule has 4 aromatic carbocycles. The maximum atomic E-state index is 12.0. The largest absolute Gasteiger partial charge is 0.497 e. The van der Waals surface area contributed by atoms with Crippen molar-refractivity contribution in [2.75, 3.05) is 7.11 Å². The number of carboxylic acid groups (broad SMARTS) is 1. The van der Waals surface area contributed by atoms with Crippen LogP contribution in [0, 0.1) is 0 Å². The molecule has 0 aliphatic heterocycles. The van der Waals surface area contributed by atoms with Crippen LogP contribution >= 0.6 is 0 Å². The molecule has 0 aromatic heterocycles. The molecule has 0 saturated carbocycles. The van der Waals surface area contributed by atoms with Gasteiger partial charge in [-0.2, -0.15) is 0 Å². The second kappa shape index (κ2) is 7.78. The molecule has 2 N–H and O–H groups in total. The predicted molar refractivity (Wildman–Crippen MR) is 114 cm³/mol. The van der Waals surface area contributed by atoms with Crippen LogP contribution in [0.25, 0.3) is 33.0 Å². The minimum atomic E-state index is -0.960. The summed E-state index contributed by atoms with van der Waals surface area (Å²) in [4.78, 5) is 12.0. The number of rotatable bonds is 5. The molecule has 4 nitrogen and oxygen atoms in total. The molecule has 0 radical (unpaired) electrons. The number of benzene rings is 4. The van der Waals surface area contributed by atoms with Gasteiger partial charge in [0.2, 0.25) is 0 Å². The molecule has 0 amide bonds. The lowest BCUT2D eigenvalue weighted by Gasteiger charge is -2.15. The summed E-state index contributed by atoms with van der Waals surface area (Å²) < 4.78 is 5.24. The SMILES string of the molecule is COc1ccc(-c2ccc(-c3ccc(CO)cc3)c3cccc(C(=O)O)c23)cc1. The summed E-state index contributed by atoms with van der Waals surface area (Å²) in [5.41, 5.74) is 4.80. The summed E-state index contributed by atoms with van der Waals surface area (Å²) in [6.07, 6.45) is 0. The van der Waals surface area contributed by atoms with E-state index in [1.54, 1.807) is 19.2 Å². The summed E-state index contributed by atoms with van der Waals surface area (Å²) in [6.45, 7) is -0.0133. The number of hydrogen-bond acceptors (Lipinski definition) is 3. The van der Waals surface area contributed by atoms with Crippen LogP contribution < -0.4 is 4.74 Å². The van der Waals surface area contributed by atoms with E-state index in [1.807, 2.05) is 66.7 Å². The van der Waals surface area contributed by atoms with Gasteiger partial charge in [-0.1, -0.05) is 60.7 Å². The van der Waals surface area contributed by atoms with Crippen LogP contribution in [0.1, 0.15) is 15.9 Å². The summed E-state index contributed by atoms with van der Waals surface area (Å²) in [5.74, 6) is -0.213. The van der Waals surface area contributed by atoms with Crippen molar-refractivity contribution in [1.29, 1.82) is 0 Å². The standard InChI is InChI=1S/C25H20O4/c1-29-19-11-9-18(10-12-19)21-14-13-20(17-7-5-16(15-26)6-8-17)22-3-2-4-23(24(21)22)25(27)28/h2-14,26H,15H2,1H3,(H,27,28). The zero-order valence-corrected chi connectivity index (χ0v) is 15.9. The van der Waals surface area contributed by atoms with Crippen molar-refractivity contribution in [1.82, 2.24) is 0 Å². The molecule has 0 atom stereocenters. The Bertz CT molecular complexity index is 1180. The number of aliphatic hydroxyl groups is 1. The zero-order chi connectivity index (χ0) is 20.4. The monoisotopic (exact) mass is 384 g/mol. The molecular weight excluding hydrogens is 364 g/mol. The summed E-state index contributed by atoms with van der Waals surface area (Å²) in [7, 11) is 1.61. The Balaban J connectivity index is 1.99. The molecule has 4 rings (SSSR count). The van der Waals surface area contributed by atoms with E-state index in [4.69, 9.17) is 4.74 Å². The van der Waals surface area contributed by atoms with E-state index in [0.29, 0.717) is 5.39 Å². The molecule has 0 spiro atoms. The fraction of sp³-hybridized carbons (Fsp3) is 0.0800. The lowest BCUT2D eigenvalue weighted by molar-refractivity contribution is 0.0699. The molecule has 0 unspecified atom stereocenters. The maximum Gasteiger partial charge on any atom is 0.336 e. The van der Waals surface area contributed by atoms with E-state index in [1.165, 1.54) is 0 Å². The number of aliphatic hydroxyl groups excluding tert-OH is 1. The average Bonchev–Trinajstić information content (AvgIpc) is 2.78. The van der Waals surface area contributed by atoms with Crippen molar-refractivity contribution in [2.45, 2.75) is 6.61 Å². The normalized spacial score (nSPS) is 10.8. The van der Waals surface area contributed by atoms with E-state index in [9.17, 15) is 15.0 Å². The van der Waals surface area contributed by atoms with Crippen LogP contribution in [0.15, 0.2) is 78.9 Å². The van der Waals surface area contributed by atoms with Crippen LogP contribution in [0.2, 0.25) is 0 Å². The number of fused-ring (bicyclic) bond motifs is 1. The summed E-state index contributed by atoms with van der Waals surface area (Å²) in [5, 5.41) is 20.7. The molecule has 0 heterocycles. The number of hydrogen-bond donors (Lipinski definition) is 2. The number of ether oxygens (including phenoxy) is 1. The van der Waals surface area contributed by atoms with Crippen molar-refractivity contribution in [3.05, 3.63) is 90.0 Å². The molecule has 4 aromatic rings. The third-order valence-electron chi connectivity index (χ3n) is 5.12. The summed E-state index contributed by atoms with van der Waals surface area (Å²) >= 11 is 0. The fourth-order valence-electron chi connectivity index (χ4n) is 3.64. The Hall–Kier alpha value is -3.63. The number of aromatic carboxylic acids is 1. The highest BCUT2D eigenvalue weighted by atomic mass is 16.5. The van der Waals surface area contributed by atoms with Crippen LogP contribution in [-0.4, -0.2) is 23.3 Å². The van der Waals surface area contributed by atoms with Gasteiger partial charge in [0.05, 0.1) is 19.3 Å². The lowest BCUT2D eigenvalue weighted by Crippen LogP contribution is -1.99. The topological polar surface area (TPSA) is 66.8 Å². The van der Waals surface area contributed by atoms with E-state index in [2.05, 4.69) is 0 Å². The quantitative estimate of drug-likeness (QED) is 0.485. The van der Waals surface area contributed by atoms with Gasteiger partial charge in [-0.15, -0.1) is 0 Å². The van der Waals surface area contributed by atoms with Crippen LogP contribution in [-0.2, 0) is 6.61 Å². The van der Waals surface area contributed by atoms with E-state index in [0.717, 1.165) is 39.0 Å². The van der Waals surface area contributed by atoms with Gasteiger partial charge < -0.3 is 14.9 Å². The van der Waals surface area contributed by atoms with Crippen LogP contribution in [0.4, 0.5) is 0 Å². The first-order valence-electron chi connectivity index (χ1n) is 9.26. The Morgan fingerprint density at radius 3 is 2.07 bits per heavy atom. The van der Waals surface area contributed by atoms with Gasteiger partial charge >= 0.3 is 5.97 Å². The highest BCUT2D eigenvalue weighted by Gasteiger charge is 2.16. The van der Waals surface area contributed by atoms with E-state index < -0.39 is 5.97 Å². The third kappa shape index (κ3) is 3.46. The van der Waals surface area contributed by atoms with Crippen molar-refractivity contribution >= 4 is 16.7 Å². The van der Waals surface area contributed by atoms with Gasteiger partial charge in [-0.05, 0) is 51.4 Å². The van der Waals surface area contributed by atoms with Crippen LogP contribution in [0.5, 0.6) is 5.75 Å². The predicted octanol–water partition coefficient (Wildman–Crippen LogP) is 5.37. The highest BCUT2D eigenvalue weighted by molar-refractivity contribution is 6.14. The van der Waals surface area contributed by atoms with Crippen LogP contribution in [0.3, 0.4) is 0 Å². The van der Waals surface area contributed by atoms with Gasteiger partial charge in [0, 0.05) is 5.39 Å². The van der Waals surface area contributed by atoms with Gasteiger partial charge in [-0.3, -0.25) is 0 Å². The smallest absolute Gasteiger partial charge is 0.336 e. The van der Waals surface area contributed by atoms with Gasteiger partial charge in [-0.25, -0.2) is 4.79 Å². The van der Waals surface area contributed by atoms with Crippen molar-refractivity contribution in [3.8, 4) is 28.0 Å². The van der Waals surface area contributed by atoms with Gasteiger partial charge in [0.15, 0.2) is 0 Å². The Morgan fingerprint density at radius 2 is 1.45 bits per heavy atom. The molecule has 4 heteroatoms. The zero-order valence-electron chi connectivity index (χ0n) is 15.9. The fourth-order valence-corrected chi connectivity index (χ4v) is 3.64. The average molecular weight is 384 g/mol. The molecule has 0 saturated heterocycles. The van der Waals surface area contributed by atoms with E-state index >= 15 is 0 Å². The van der Waals surface area contributed by atoms with Gasteiger partial charge in [0.1, 0.15) is 5.75 Å². The van der Waals surface area contributed by atoms with E-state index in [-0.39, 0.29) is 12.2 Å². The molecule has 144 valence electrons. The minimum absolute atomic E-state index is 0.0133. The van der Waals surface area contributed by atoms with Crippen molar-refractivity contribution in [2.24, 2.45) is 0 Å². The Kier molecular flexibility index (Phi) is 5.02. The summed E-state index contributed by atoms with van der Waals surface area (Å²) in [6, 6.07) is 24.6. The molecular formula is C25H20O4. The highest BCUT2D eigenvalue weighted by Crippen LogP contribution is 2.38. The third-order valence-corrected chi connectivity index (χ3v) is 5.12. The lowest BCUT2D eigenvalue weighted by atomic mass is 9.89. The molecule has 0 fully saturated rings. The molecule has 0 aliphatic rings. The molecule has 29 heavy (non-hydrogen) atoms. The minimum Gasteiger partial charge on any atom is -0.497 e. The number of methoxy groups -OCH3 is 1. The molecule has 0 aliphatic carbocycles. The number of carboxylic acids is 1. The van der Waals surface area contributed by atoms with Gasteiger partial charge in [0.25, 0.3) is 0 Å². The van der Waals surface area contributed by atoms with Crippen molar-refractivity contribution < 1.29 is 19.7 Å². The maximum absolute atomic E-state index is 12.0. The Labute approximate surface area is 168 Å². The molecule has 0 bridgehead atoms.